The van der Waals surface area contributed by atoms with Crippen LogP contribution < -0.4 is 5.32 Å². The molecule has 20 heavy (non-hydrogen) atoms. The molecule has 1 aromatic rings. The van der Waals surface area contributed by atoms with Crippen molar-refractivity contribution in [3.63, 3.8) is 0 Å². The van der Waals surface area contributed by atoms with Gasteiger partial charge in [0, 0.05) is 25.7 Å². The zero-order valence-electron chi connectivity index (χ0n) is 13.2. The zero-order valence-corrected chi connectivity index (χ0v) is 13.2. The minimum absolute atomic E-state index is 0.0452. The fourth-order valence-electron chi connectivity index (χ4n) is 1.80. The molecule has 0 radical (unpaired) electrons. The molecule has 0 spiro atoms. The molecule has 0 aliphatic rings. The molecule has 112 valence electrons. The van der Waals surface area contributed by atoms with Crippen LogP contribution in [-0.2, 0) is 0 Å². The molecule has 0 saturated heterocycles. The van der Waals surface area contributed by atoms with Crippen LogP contribution in [0, 0.1) is 6.92 Å². The van der Waals surface area contributed by atoms with E-state index in [4.69, 9.17) is 0 Å². The van der Waals surface area contributed by atoms with E-state index in [2.05, 4.69) is 36.1 Å². The van der Waals surface area contributed by atoms with Crippen molar-refractivity contribution < 1.29 is 4.79 Å². The SMILES string of the molecule is CCCCN(C)C(=O)c1cc(NC(C)CC)nc(C)n1. The molecule has 0 saturated carbocycles. The summed E-state index contributed by atoms with van der Waals surface area (Å²) in [7, 11) is 1.82. The number of unbranched alkanes of at least 4 members (excludes halogenated alkanes) is 1. The molecule has 0 aliphatic heterocycles. The second kappa shape index (κ2) is 7.82. The largest absolute Gasteiger partial charge is 0.368 e. The molecule has 1 amide bonds. The van der Waals surface area contributed by atoms with E-state index >= 15 is 0 Å². The number of nitrogens with zero attached hydrogens (tertiary/aromatic N) is 3. The number of nitrogens with one attached hydrogen (secondary N) is 1. The van der Waals surface area contributed by atoms with E-state index in [0.717, 1.165) is 31.6 Å². The zero-order chi connectivity index (χ0) is 15.1. The number of hydrogen-bond acceptors (Lipinski definition) is 4. The Kier molecular flexibility index (Phi) is 6.42. The maximum absolute atomic E-state index is 12.3. The van der Waals surface area contributed by atoms with Crippen LogP contribution in [0.15, 0.2) is 6.07 Å². The lowest BCUT2D eigenvalue weighted by Gasteiger charge is -2.17. The first kappa shape index (κ1) is 16.4. The van der Waals surface area contributed by atoms with E-state index in [1.165, 1.54) is 0 Å². The molecule has 1 unspecified atom stereocenters. The van der Waals surface area contributed by atoms with Crippen molar-refractivity contribution in [1.82, 2.24) is 14.9 Å². The van der Waals surface area contributed by atoms with E-state index in [0.29, 0.717) is 17.6 Å². The summed E-state index contributed by atoms with van der Waals surface area (Å²) in [6.07, 6.45) is 3.08. The quantitative estimate of drug-likeness (QED) is 0.833. The normalized spacial score (nSPS) is 12.1. The van der Waals surface area contributed by atoms with Gasteiger partial charge in [0.1, 0.15) is 17.3 Å². The van der Waals surface area contributed by atoms with Gasteiger partial charge in [-0.05, 0) is 26.7 Å². The van der Waals surface area contributed by atoms with Crippen LogP contribution in [0.25, 0.3) is 0 Å². The van der Waals surface area contributed by atoms with Gasteiger partial charge in [-0.3, -0.25) is 4.79 Å². The molecule has 1 atom stereocenters. The Hall–Kier alpha value is -1.65. The van der Waals surface area contributed by atoms with Crippen molar-refractivity contribution >= 4 is 11.7 Å². The van der Waals surface area contributed by atoms with Gasteiger partial charge in [-0.2, -0.15) is 0 Å². The van der Waals surface area contributed by atoms with Gasteiger partial charge in [-0.25, -0.2) is 9.97 Å². The van der Waals surface area contributed by atoms with Crippen molar-refractivity contribution in [2.75, 3.05) is 18.9 Å². The topological polar surface area (TPSA) is 58.1 Å². The number of amides is 1. The lowest BCUT2D eigenvalue weighted by atomic mass is 10.2. The van der Waals surface area contributed by atoms with E-state index in [-0.39, 0.29) is 5.91 Å². The molecule has 0 aromatic carbocycles. The fourth-order valence-corrected chi connectivity index (χ4v) is 1.80. The number of anilines is 1. The second-order valence-electron chi connectivity index (χ2n) is 5.22. The maximum Gasteiger partial charge on any atom is 0.272 e. The third-order valence-corrected chi connectivity index (χ3v) is 3.26. The fraction of sp³-hybridized carbons (Fsp3) is 0.667. The Balaban J connectivity index is 2.86. The number of rotatable bonds is 7. The van der Waals surface area contributed by atoms with Crippen LogP contribution >= 0.6 is 0 Å². The first-order valence-electron chi connectivity index (χ1n) is 7.35. The number of carbonyl (C=O) groups is 1. The first-order valence-corrected chi connectivity index (χ1v) is 7.35. The number of aromatic nitrogens is 2. The summed E-state index contributed by atoms with van der Waals surface area (Å²) in [4.78, 5) is 22.6. The average Bonchev–Trinajstić information content (AvgIpc) is 2.43. The van der Waals surface area contributed by atoms with Gasteiger partial charge in [-0.15, -0.1) is 0 Å². The molecule has 5 nitrogen and oxygen atoms in total. The van der Waals surface area contributed by atoms with Crippen molar-refractivity contribution in [2.24, 2.45) is 0 Å². The standard InChI is InChI=1S/C15H26N4O/c1-6-8-9-19(5)15(20)13-10-14(16-11(3)7-2)18-12(4)17-13/h10-11H,6-9H2,1-5H3,(H,16,17,18). The minimum atomic E-state index is -0.0452. The molecule has 1 rings (SSSR count). The Labute approximate surface area is 121 Å². The summed E-state index contributed by atoms with van der Waals surface area (Å²) < 4.78 is 0. The number of aryl methyl sites for hydroxylation is 1. The summed E-state index contributed by atoms with van der Waals surface area (Å²) in [5.74, 6) is 1.29. The predicted octanol–water partition coefficient (Wildman–Crippen LogP) is 2.87. The molecule has 0 fully saturated rings. The third-order valence-electron chi connectivity index (χ3n) is 3.26. The highest BCUT2D eigenvalue weighted by Crippen LogP contribution is 2.11. The summed E-state index contributed by atoms with van der Waals surface area (Å²) in [6, 6.07) is 2.06. The smallest absolute Gasteiger partial charge is 0.272 e. The van der Waals surface area contributed by atoms with E-state index in [1.54, 1.807) is 11.0 Å². The predicted molar refractivity (Wildman–Crippen MR) is 82.0 cm³/mol. The highest BCUT2D eigenvalue weighted by molar-refractivity contribution is 5.92. The molecule has 1 heterocycles. The molecular formula is C15H26N4O. The van der Waals surface area contributed by atoms with Crippen molar-refractivity contribution in [2.45, 2.75) is 53.0 Å². The highest BCUT2D eigenvalue weighted by atomic mass is 16.2. The highest BCUT2D eigenvalue weighted by Gasteiger charge is 2.15. The molecule has 1 aromatic heterocycles. The van der Waals surface area contributed by atoms with Gasteiger partial charge < -0.3 is 10.2 Å². The van der Waals surface area contributed by atoms with Crippen LogP contribution in [-0.4, -0.2) is 40.4 Å². The second-order valence-corrected chi connectivity index (χ2v) is 5.22. The van der Waals surface area contributed by atoms with Crippen LogP contribution in [0.1, 0.15) is 56.3 Å². The van der Waals surface area contributed by atoms with E-state index in [1.807, 2.05) is 14.0 Å². The van der Waals surface area contributed by atoms with Gasteiger partial charge in [0.05, 0.1) is 0 Å². The first-order chi connectivity index (χ1) is 9.47. The Morgan fingerprint density at radius 2 is 2.10 bits per heavy atom. The molecule has 5 heteroatoms. The van der Waals surface area contributed by atoms with Crippen LogP contribution in [0.3, 0.4) is 0 Å². The lowest BCUT2D eigenvalue weighted by molar-refractivity contribution is 0.0787. The van der Waals surface area contributed by atoms with Gasteiger partial charge in [0.15, 0.2) is 0 Å². The van der Waals surface area contributed by atoms with Gasteiger partial charge in [-0.1, -0.05) is 20.3 Å². The summed E-state index contributed by atoms with van der Waals surface area (Å²) in [5.41, 5.74) is 0.460. The van der Waals surface area contributed by atoms with Gasteiger partial charge in [0.2, 0.25) is 0 Å². The summed E-state index contributed by atoms with van der Waals surface area (Å²) in [5, 5.41) is 3.29. The van der Waals surface area contributed by atoms with Crippen molar-refractivity contribution in [3.05, 3.63) is 17.6 Å². The molecule has 1 N–H and O–H groups in total. The lowest BCUT2D eigenvalue weighted by Crippen LogP contribution is -2.29. The van der Waals surface area contributed by atoms with E-state index < -0.39 is 0 Å². The van der Waals surface area contributed by atoms with Crippen LogP contribution in [0.4, 0.5) is 5.82 Å². The summed E-state index contributed by atoms with van der Waals surface area (Å²) in [6.45, 7) is 8.88. The Morgan fingerprint density at radius 3 is 2.70 bits per heavy atom. The average molecular weight is 278 g/mol. The number of carbonyl (C=O) groups excluding carboxylic acids is 1. The van der Waals surface area contributed by atoms with Crippen LogP contribution in [0.5, 0.6) is 0 Å². The van der Waals surface area contributed by atoms with Crippen molar-refractivity contribution in [1.29, 1.82) is 0 Å². The monoisotopic (exact) mass is 278 g/mol. The van der Waals surface area contributed by atoms with Crippen LogP contribution in [0.2, 0.25) is 0 Å². The van der Waals surface area contributed by atoms with Gasteiger partial charge in [0.25, 0.3) is 5.91 Å². The minimum Gasteiger partial charge on any atom is -0.368 e. The van der Waals surface area contributed by atoms with Gasteiger partial charge >= 0.3 is 0 Å². The maximum atomic E-state index is 12.3. The summed E-state index contributed by atoms with van der Waals surface area (Å²) >= 11 is 0. The molecular weight excluding hydrogens is 252 g/mol. The molecule has 0 bridgehead atoms. The third kappa shape index (κ3) is 4.79. The Morgan fingerprint density at radius 1 is 1.40 bits per heavy atom. The van der Waals surface area contributed by atoms with E-state index in [9.17, 15) is 4.79 Å². The number of hydrogen-bond donors (Lipinski definition) is 1. The molecule has 0 aliphatic carbocycles. The Bertz CT molecular complexity index is 447. The van der Waals surface area contributed by atoms with Crippen molar-refractivity contribution in [3.8, 4) is 0 Å².